The molecule has 0 saturated carbocycles. The van der Waals surface area contributed by atoms with Crippen LogP contribution in [0.15, 0.2) is 25.0 Å². The number of Topliss-reactive ketones (excluding diaryl/α,β-unsaturated/α-hetero) is 2. The van der Waals surface area contributed by atoms with Gasteiger partial charge in [0.1, 0.15) is 50.5 Å². The summed E-state index contributed by atoms with van der Waals surface area (Å²) in [6, 6.07) is 0. The summed E-state index contributed by atoms with van der Waals surface area (Å²) >= 11 is 0. The van der Waals surface area contributed by atoms with Gasteiger partial charge >= 0.3 is 0 Å². The zero-order chi connectivity index (χ0) is 53.1. The molecule has 0 bridgehead atoms. The van der Waals surface area contributed by atoms with Gasteiger partial charge in [-0.1, -0.05) is 41.4 Å². The number of carbonyl (C=O) groups is 4. The average molecular weight is 1010 g/mol. The third kappa shape index (κ3) is 93.3. The molecule has 17 heteroatoms. The van der Waals surface area contributed by atoms with Crippen molar-refractivity contribution in [3.05, 3.63) is 25.0 Å². The standard InChI is InChI=1S/C10H19NO2.C9H19NO2.C7H14O3.C6H12O2.2C6H12O.C5H12O3S.2CH4/c1-9(2)13-8-10(12)11-6-4-3-5-7-11;1-7(2)12-6-8(11)10-9(3,4)5;1-6(2)10-5-7(8)4-9-3;1-5(2)8-4-6(3)7;1-5(2)4-6(3)7;1-4-5-7-6(2)3;1-5(2)8-4-9(3,6)7;;/h9H,3-8H2,1-2H3;7H,6H2,1-5H3,(H,10,11);6H,4-5H2,1-3H3;5,7H,3-4H2,1-2H3;5H,4H2,1-3H3;4,6H,1,5H2,2-3H3;5H,4H2,1-3H3;2*1H4. The van der Waals surface area contributed by atoms with Gasteiger partial charge in [-0.2, -0.15) is 0 Å². The Hall–Kier alpha value is -2.77. The summed E-state index contributed by atoms with van der Waals surface area (Å²) in [5, 5.41) is 11.3. The molecule has 2 amide bonds. The molecule has 16 nitrogen and oxygen atoms in total. The number of piperidine rings is 1. The Morgan fingerprint density at radius 1 is 0.662 bits per heavy atom. The first kappa shape index (κ1) is 82.2. The minimum Gasteiger partial charge on any atom is -0.510 e. The summed E-state index contributed by atoms with van der Waals surface area (Å²) in [6.07, 6.45) is 8.02. The third-order valence-electron chi connectivity index (χ3n) is 6.64. The van der Waals surface area contributed by atoms with Crippen molar-refractivity contribution in [1.29, 1.82) is 0 Å². The van der Waals surface area contributed by atoms with Gasteiger partial charge in [-0.25, -0.2) is 8.42 Å². The first-order valence-electron chi connectivity index (χ1n) is 23.1. The monoisotopic (exact) mass is 1000 g/mol. The number of likely N-dealkylation sites (tertiary alicyclic amines) is 1. The molecule has 0 spiro atoms. The predicted molar refractivity (Wildman–Crippen MR) is 282 cm³/mol. The molecule has 0 unspecified atom stereocenters. The van der Waals surface area contributed by atoms with Gasteiger partial charge in [0.2, 0.25) is 11.8 Å². The maximum Gasteiger partial charge on any atom is 0.248 e. The van der Waals surface area contributed by atoms with Crippen LogP contribution in [0.1, 0.15) is 165 Å². The summed E-state index contributed by atoms with van der Waals surface area (Å²) < 4.78 is 55.7. The fourth-order valence-corrected chi connectivity index (χ4v) is 4.51. The highest BCUT2D eigenvalue weighted by Crippen LogP contribution is 2.09. The Balaban J connectivity index is -0.000000104. The molecule has 1 aliphatic rings. The molecule has 1 aliphatic heterocycles. The predicted octanol–water partition coefficient (Wildman–Crippen LogP) is 9.76. The molecule has 0 atom stereocenters. The number of sulfone groups is 1. The second-order valence-electron chi connectivity index (χ2n) is 18.4. The Morgan fingerprint density at radius 2 is 1.06 bits per heavy atom. The van der Waals surface area contributed by atoms with E-state index >= 15 is 0 Å². The number of carbonyl (C=O) groups excluding carboxylic acids is 4. The highest BCUT2D eigenvalue weighted by atomic mass is 32.2. The van der Waals surface area contributed by atoms with Gasteiger partial charge in [-0.05, 0) is 136 Å². The lowest BCUT2D eigenvalue weighted by Gasteiger charge is -2.26. The molecule has 1 heterocycles. The van der Waals surface area contributed by atoms with E-state index < -0.39 is 9.84 Å². The van der Waals surface area contributed by atoms with Crippen molar-refractivity contribution in [2.75, 3.05) is 72.0 Å². The van der Waals surface area contributed by atoms with E-state index in [2.05, 4.69) is 23.2 Å². The summed E-state index contributed by atoms with van der Waals surface area (Å²) in [5.41, 5.74) is -0.169. The van der Waals surface area contributed by atoms with Gasteiger partial charge in [0.25, 0.3) is 0 Å². The van der Waals surface area contributed by atoms with Crippen LogP contribution in [-0.2, 0) is 62.2 Å². The number of ether oxygens (including phenoxy) is 7. The first-order valence-corrected chi connectivity index (χ1v) is 25.1. The van der Waals surface area contributed by atoms with Crippen molar-refractivity contribution >= 4 is 33.2 Å². The van der Waals surface area contributed by atoms with Gasteiger partial charge in [0.05, 0.1) is 43.2 Å². The average Bonchev–Trinajstić information content (AvgIpc) is 3.16. The zero-order valence-corrected chi connectivity index (χ0v) is 46.2. The highest BCUT2D eigenvalue weighted by Gasteiger charge is 2.16. The minimum absolute atomic E-state index is 0. The number of hydrogen-bond acceptors (Lipinski definition) is 14. The van der Waals surface area contributed by atoms with Crippen LogP contribution in [-0.4, -0.2) is 156 Å². The van der Waals surface area contributed by atoms with Gasteiger partial charge in [-0.15, -0.1) is 6.58 Å². The van der Waals surface area contributed by atoms with Gasteiger partial charge in [0.15, 0.2) is 15.6 Å². The van der Waals surface area contributed by atoms with Crippen LogP contribution in [0.25, 0.3) is 0 Å². The number of aliphatic hydroxyl groups excluding tert-OH is 1. The normalized spacial score (nSPS) is 11.8. The lowest BCUT2D eigenvalue weighted by atomic mass is 10.1. The Labute approximate surface area is 418 Å². The van der Waals surface area contributed by atoms with Crippen molar-refractivity contribution in [2.24, 2.45) is 5.92 Å². The van der Waals surface area contributed by atoms with Crippen molar-refractivity contribution in [3.8, 4) is 0 Å². The summed E-state index contributed by atoms with van der Waals surface area (Å²) in [7, 11) is -1.45. The SMILES string of the molecule is C.C.C=C(O)COC(C)C.C=CCOC(C)C.CC(=O)CC(C)C.CC(C)OCC(=O)N1CCCCC1.CC(C)OCC(=O)NC(C)(C)C.CC(C)OCS(C)(=O)=O.COCC(=O)COC(C)C. The second-order valence-corrected chi connectivity index (χ2v) is 20.5. The molecule has 1 fully saturated rings. The third-order valence-corrected chi connectivity index (χ3v) is 7.20. The first-order chi connectivity index (χ1) is 30.1. The van der Waals surface area contributed by atoms with Crippen molar-refractivity contribution in [2.45, 2.75) is 207 Å². The van der Waals surface area contributed by atoms with Gasteiger partial charge in [-0.3, -0.25) is 14.4 Å². The Kier molecular flexibility index (Phi) is 62.9. The molecule has 1 saturated heterocycles. The fraction of sp³-hybridized carbons (Fsp3) is 0.843. The minimum atomic E-state index is -2.94. The Bertz CT molecular complexity index is 1300. The molecule has 0 aromatic carbocycles. The van der Waals surface area contributed by atoms with Crippen LogP contribution in [0.3, 0.4) is 0 Å². The van der Waals surface area contributed by atoms with E-state index in [0.29, 0.717) is 18.6 Å². The van der Waals surface area contributed by atoms with Crippen LogP contribution in [0, 0.1) is 5.92 Å². The summed E-state index contributed by atoms with van der Waals surface area (Å²) in [4.78, 5) is 45.5. The molecule has 0 aromatic heterocycles. The van der Waals surface area contributed by atoms with Crippen molar-refractivity contribution in [1.82, 2.24) is 10.2 Å². The molecule has 0 aromatic rings. The number of methoxy groups -OCH3 is 1. The molecule has 412 valence electrons. The maximum absolute atomic E-state index is 11.5. The van der Waals surface area contributed by atoms with Crippen molar-refractivity contribution in [3.63, 3.8) is 0 Å². The van der Waals surface area contributed by atoms with Crippen LogP contribution < -0.4 is 5.32 Å². The van der Waals surface area contributed by atoms with Gasteiger partial charge in [0, 0.05) is 38.4 Å². The van der Waals surface area contributed by atoms with Gasteiger partial charge < -0.3 is 53.3 Å². The number of nitrogens with zero attached hydrogens (tertiary/aromatic N) is 1. The highest BCUT2D eigenvalue weighted by molar-refractivity contribution is 7.90. The number of aliphatic hydroxyl groups is 1. The molecular formula is C51H108N2O14S. The van der Waals surface area contributed by atoms with Crippen molar-refractivity contribution < 1.29 is 65.9 Å². The smallest absolute Gasteiger partial charge is 0.248 e. The lowest BCUT2D eigenvalue weighted by molar-refractivity contribution is -0.138. The van der Waals surface area contributed by atoms with Crippen LogP contribution >= 0.6 is 0 Å². The molecule has 2 N–H and O–H groups in total. The fourth-order valence-electron chi connectivity index (χ4n) is 3.99. The van der Waals surface area contributed by atoms with Crippen LogP contribution in [0.4, 0.5) is 0 Å². The number of rotatable bonds is 22. The molecular weight excluding hydrogens is 897 g/mol. The number of ketones is 2. The maximum atomic E-state index is 11.5. The topological polar surface area (TPSA) is 203 Å². The second kappa shape index (κ2) is 52.1. The zero-order valence-electron chi connectivity index (χ0n) is 45.3. The molecule has 0 aliphatic carbocycles. The number of nitrogens with one attached hydrogen (secondary N) is 1. The molecule has 68 heavy (non-hydrogen) atoms. The van der Waals surface area contributed by atoms with Crippen LogP contribution in [0.5, 0.6) is 0 Å². The molecule has 1 rings (SSSR count). The van der Waals surface area contributed by atoms with E-state index in [4.69, 9.17) is 33.5 Å². The van der Waals surface area contributed by atoms with E-state index in [1.165, 1.54) is 13.5 Å². The summed E-state index contributed by atoms with van der Waals surface area (Å²) in [6.45, 7) is 44.7. The van der Waals surface area contributed by atoms with E-state index in [1.54, 1.807) is 26.8 Å². The van der Waals surface area contributed by atoms with E-state index in [1.807, 2.05) is 109 Å². The largest absolute Gasteiger partial charge is 0.510 e. The Morgan fingerprint density at radius 3 is 1.32 bits per heavy atom. The van der Waals surface area contributed by atoms with E-state index in [-0.39, 0.29) is 119 Å². The van der Waals surface area contributed by atoms with E-state index in [0.717, 1.165) is 38.6 Å². The van der Waals surface area contributed by atoms with Crippen LogP contribution in [0.2, 0.25) is 0 Å². The number of hydrogen-bond donors (Lipinski definition) is 2. The lowest BCUT2D eigenvalue weighted by Crippen LogP contribution is -2.42. The summed E-state index contributed by atoms with van der Waals surface area (Å²) in [5.74, 6) is 0.789. The molecule has 0 radical (unpaired) electrons. The van der Waals surface area contributed by atoms with E-state index in [9.17, 15) is 27.6 Å². The number of amides is 2. The quantitative estimate of drug-likeness (QED) is 0.0766.